The quantitative estimate of drug-likeness (QED) is 0.875. The highest BCUT2D eigenvalue weighted by Gasteiger charge is 2.06. The smallest absolute Gasteiger partial charge is 0.220 e. The highest BCUT2D eigenvalue weighted by Crippen LogP contribution is 2.24. The summed E-state index contributed by atoms with van der Waals surface area (Å²) in [6.07, 6.45) is 2.24. The van der Waals surface area contributed by atoms with Crippen LogP contribution in [0.1, 0.15) is 25.3 Å². The molecule has 2 aromatic carbocycles. The normalized spacial score (nSPS) is 10.5. The molecule has 0 aliphatic rings. The van der Waals surface area contributed by atoms with E-state index in [1.165, 1.54) is 10.9 Å². The molecule has 0 heterocycles. The molecule has 0 aromatic heterocycles. The Balaban J connectivity index is 2.15. The molecule has 0 fully saturated rings. The van der Waals surface area contributed by atoms with Crippen molar-refractivity contribution >= 4 is 16.7 Å². The zero-order valence-corrected chi connectivity index (χ0v) is 12.1. The Hall–Kier alpha value is -2.03. The molecule has 0 saturated carbocycles. The van der Waals surface area contributed by atoms with Crippen molar-refractivity contribution in [1.29, 1.82) is 0 Å². The molecule has 0 saturated heterocycles. The average Bonchev–Trinajstić information content (AvgIpc) is 2.50. The molecule has 0 radical (unpaired) electrons. The van der Waals surface area contributed by atoms with E-state index in [0.29, 0.717) is 6.42 Å². The van der Waals surface area contributed by atoms with Gasteiger partial charge in [0.1, 0.15) is 5.75 Å². The van der Waals surface area contributed by atoms with Gasteiger partial charge >= 0.3 is 0 Å². The summed E-state index contributed by atoms with van der Waals surface area (Å²) in [4.78, 5) is 11.7. The van der Waals surface area contributed by atoms with E-state index >= 15 is 0 Å². The molecule has 0 bridgehead atoms. The summed E-state index contributed by atoms with van der Waals surface area (Å²) in [7, 11) is 1.67. The van der Waals surface area contributed by atoms with E-state index in [1.807, 2.05) is 18.2 Å². The van der Waals surface area contributed by atoms with Gasteiger partial charge in [-0.3, -0.25) is 4.79 Å². The Kier molecular flexibility index (Phi) is 4.99. The van der Waals surface area contributed by atoms with Gasteiger partial charge in [0, 0.05) is 13.0 Å². The average molecular weight is 271 g/mol. The van der Waals surface area contributed by atoms with Gasteiger partial charge in [-0.15, -0.1) is 0 Å². The van der Waals surface area contributed by atoms with E-state index in [4.69, 9.17) is 4.74 Å². The molecule has 0 atom stereocenters. The molecule has 0 aliphatic carbocycles. The first-order valence-electron chi connectivity index (χ1n) is 7.07. The molecule has 0 spiro atoms. The van der Waals surface area contributed by atoms with Gasteiger partial charge in [0.25, 0.3) is 0 Å². The van der Waals surface area contributed by atoms with Crippen molar-refractivity contribution in [2.75, 3.05) is 13.7 Å². The van der Waals surface area contributed by atoms with Crippen LogP contribution >= 0.6 is 0 Å². The lowest BCUT2D eigenvalue weighted by molar-refractivity contribution is -0.121. The molecule has 0 unspecified atom stereocenters. The number of carbonyl (C=O) groups excluding carboxylic acids is 1. The fraction of sp³-hybridized carbons (Fsp3) is 0.353. The highest BCUT2D eigenvalue weighted by atomic mass is 16.5. The standard InChI is InChI=1S/C17H21NO2/c1-3-11-18-17(19)10-8-14-6-4-5-13-7-9-15(20-2)12-16(13)14/h4-7,9,12H,3,8,10-11H2,1-2H3,(H,18,19). The van der Waals surface area contributed by atoms with Crippen molar-refractivity contribution in [2.24, 2.45) is 0 Å². The van der Waals surface area contributed by atoms with Crippen LogP contribution in [-0.2, 0) is 11.2 Å². The Morgan fingerprint density at radius 3 is 2.85 bits per heavy atom. The third kappa shape index (κ3) is 3.50. The summed E-state index contributed by atoms with van der Waals surface area (Å²) in [5.41, 5.74) is 1.19. The topological polar surface area (TPSA) is 38.3 Å². The summed E-state index contributed by atoms with van der Waals surface area (Å²) in [6, 6.07) is 12.2. The largest absolute Gasteiger partial charge is 0.497 e. The van der Waals surface area contributed by atoms with Crippen LogP contribution in [0.15, 0.2) is 36.4 Å². The second-order valence-corrected chi connectivity index (χ2v) is 4.85. The van der Waals surface area contributed by atoms with Gasteiger partial charge in [0.15, 0.2) is 0 Å². The first kappa shape index (κ1) is 14.4. The first-order valence-corrected chi connectivity index (χ1v) is 7.07. The van der Waals surface area contributed by atoms with Crippen molar-refractivity contribution in [3.8, 4) is 5.75 Å². The number of carbonyl (C=O) groups is 1. The minimum Gasteiger partial charge on any atom is -0.497 e. The number of fused-ring (bicyclic) bond motifs is 1. The summed E-state index contributed by atoms with van der Waals surface area (Å²) in [5, 5.41) is 5.25. The molecule has 3 nitrogen and oxygen atoms in total. The number of aryl methyl sites for hydroxylation is 1. The Labute approximate surface area is 119 Å². The van der Waals surface area contributed by atoms with Crippen LogP contribution in [0.3, 0.4) is 0 Å². The first-order chi connectivity index (χ1) is 9.74. The molecule has 20 heavy (non-hydrogen) atoms. The molecule has 106 valence electrons. The van der Waals surface area contributed by atoms with E-state index < -0.39 is 0 Å². The van der Waals surface area contributed by atoms with Gasteiger partial charge in [0.05, 0.1) is 7.11 Å². The summed E-state index contributed by atoms with van der Waals surface area (Å²) in [5.74, 6) is 0.965. The molecule has 1 N–H and O–H groups in total. The number of amides is 1. The fourth-order valence-electron chi connectivity index (χ4n) is 2.26. The van der Waals surface area contributed by atoms with Crippen LogP contribution in [0.2, 0.25) is 0 Å². The minimum absolute atomic E-state index is 0.117. The third-order valence-corrected chi connectivity index (χ3v) is 3.37. The Morgan fingerprint density at radius 1 is 1.25 bits per heavy atom. The van der Waals surface area contributed by atoms with Crippen LogP contribution in [-0.4, -0.2) is 19.6 Å². The number of ether oxygens (including phenoxy) is 1. The van der Waals surface area contributed by atoms with E-state index in [0.717, 1.165) is 30.5 Å². The maximum absolute atomic E-state index is 11.7. The van der Waals surface area contributed by atoms with Crippen molar-refractivity contribution < 1.29 is 9.53 Å². The molecule has 2 aromatic rings. The summed E-state index contributed by atoms with van der Waals surface area (Å²) >= 11 is 0. The van der Waals surface area contributed by atoms with E-state index in [-0.39, 0.29) is 5.91 Å². The Bertz CT molecular complexity index is 593. The molecular formula is C17H21NO2. The van der Waals surface area contributed by atoms with Crippen LogP contribution in [0, 0.1) is 0 Å². The van der Waals surface area contributed by atoms with Gasteiger partial charge in [-0.25, -0.2) is 0 Å². The number of nitrogens with one attached hydrogen (secondary N) is 1. The predicted octanol–water partition coefficient (Wildman–Crippen LogP) is 3.31. The number of hydrogen-bond acceptors (Lipinski definition) is 2. The van der Waals surface area contributed by atoms with Crippen molar-refractivity contribution in [1.82, 2.24) is 5.32 Å². The van der Waals surface area contributed by atoms with Gasteiger partial charge in [-0.2, -0.15) is 0 Å². The third-order valence-electron chi connectivity index (χ3n) is 3.37. The predicted molar refractivity (Wildman–Crippen MR) is 82.1 cm³/mol. The van der Waals surface area contributed by atoms with Crippen LogP contribution < -0.4 is 10.1 Å². The lowest BCUT2D eigenvalue weighted by Crippen LogP contribution is -2.24. The van der Waals surface area contributed by atoms with Crippen LogP contribution in [0.5, 0.6) is 5.75 Å². The zero-order chi connectivity index (χ0) is 14.4. The van der Waals surface area contributed by atoms with Gasteiger partial charge in [0.2, 0.25) is 5.91 Å². The van der Waals surface area contributed by atoms with Crippen molar-refractivity contribution in [2.45, 2.75) is 26.2 Å². The monoisotopic (exact) mass is 271 g/mol. The molecular weight excluding hydrogens is 250 g/mol. The van der Waals surface area contributed by atoms with Crippen molar-refractivity contribution in [3.05, 3.63) is 42.0 Å². The van der Waals surface area contributed by atoms with Crippen LogP contribution in [0.4, 0.5) is 0 Å². The Morgan fingerprint density at radius 2 is 2.10 bits per heavy atom. The molecule has 1 amide bonds. The maximum atomic E-state index is 11.7. The second-order valence-electron chi connectivity index (χ2n) is 4.85. The SMILES string of the molecule is CCCNC(=O)CCc1cccc2ccc(OC)cc12. The lowest BCUT2D eigenvalue weighted by atomic mass is 10.0. The molecule has 0 aliphatic heterocycles. The van der Waals surface area contributed by atoms with E-state index in [1.54, 1.807) is 7.11 Å². The van der Waals surface area contributed by atoms with Crippen LogP contribution in [0.25, 0.3) is 10.8 Å². The molecule has 3 heteroatoms. The number of benzene rings is 2. The van der Waals surface area contributed by atoms with Gasteiger partial charge < -0.3 is 10.1 Å². The lowest BCUT2D eigenvalue weighted by Gasteiger charge is -2.09. The summed E-state index contributed by atoms with van der Waals surface area (Å²) in [6.45, 7) is 2.81. The molecule has 2 rings (SSSR count). The van der Waals surface area contributed by atoms with Gasteiger partial charge in [-0.05, 0) is 41.3 Å². The highest BCUT2D eigenvalue weighted by molar-refractivity contribution is 5.87. The number of rotatable bonds is 6. The van der Waals surface area contributed by atoms with E-state index in [2.05, 4.69) is 30.4 Å². The zero-order valence-electron chi connectivity index (χ0n) is 12.1. The second kappa shape index (κ2) is 6.94. The van der Waals surface area contributed by atoms with E-state index in [9.17, 15) is 4.79 Å². The van der Waals surface area contributed by atoms with Crippen molar-refractivity contribution in [3.63, 3.8) is 0 Å². The summed E-state index contributed by atoms with van der Waals surface area (Å²) < 4.78 is 5.28. The number of hydrogen-bond donors (Lipinski definition) is 1. The fourth-order valence-corrected chi connectivity index (χ4v) is 2.26. The maximum Gasteiger partial charge on any atom is 0.220 e. The van der Waals surface area contributed by atoms with Gasteiger partial charge in [-0.1, -0.05) is 31.2 Å². The minimum atomic E-state index is 0.117. The number of methoxy groups -OCH3 is 1.